The molecular weight excluding hydrogens is 434 g/mol. The van der Waals surface area contributed by atoms with Crippen LogP contribution in [0.15, 0.2) is 12.3 Å². The van der Waals surface area contributed by atoms with Crippen molar-refractivity contribution in [2.75, 3.05) is 23.3 Å². The Morgan fingerprint density at radius 1 is 1.13 bits per heavy atom. The molecule has 170 valence electrons. The second-order valence-electron chi connectivity index (χ2n) is 7.58. The molecule has 1 saturated heterocycles. The van der Waals surface area contributed by atoms with E-state index in [2.05, 4.69) is 25.5 Å². The van der Waals surface area contributed by atoms with Crippen LogP contribution in [-0.4, -0.2) is 55.9 Å². The number of aliphatic hydroxyl groups is 2. The lowest BCUT2D eigenvalue weighted by Gasteiger charge is -2.39. The summed E-state index contributed by atoms with van der Waals surface area (Å²) >= 11 is 0. The number of alkyl halides is 6. The standard InChI is InChI=1S/C17H18F6N6O2/c18-16(19,20)14-24-4-1-9(25-14)29-5-2-8(3-6-29)12-11-13(28-27-12)26-10(30)7-15(11,31)17(21,22)23/h1,4,8,10,30-31H,2-3,5-7H2,(H2,26,27,28). The minimum atomic E-state index is -5.04. The lowest BCUT2D eigenvalue weighted by atomic mass is 9.81. The molecule has 0 amide bonds. The fourth-order valence-electron chi connectivity index (χ4n) is 4.08. The number of halogens is 6. The smallest absolute Gasteiger partial charge is 0.376 e. The van der Waals surface area contributed by atoms with Crippen molar-refractivity contribution in [3.63, 3.8) is 0 Å². The summed E-state index contributed by atoms with van der Waals surface area (Å²) in [7, 11) is 0. The molecule has 14 heteroatoms. The molecule has 2 unspecified atom stereocenters. The van der Waals surface area contributed by atoms with Crippen LogP contribution in [0.4, 0.5) is 38.0 Å². The summed E-state index contributed by atoms with van der Waals surface area (Å²) in [6.45, 7) is 0.459. The number of hydrogen-bond acceptors (Lipinski definition) is 7. The molecule has 2 aromatic heterocycles. The number of piperidine rings is 1. The second kappa shape index (κ2) is 7.22. The number of H-pyrrole nitrogens is 1. The molecule has 2 aromatic rings. The third kappa shape index (κ3) is 3.78. The van der Waals surface area contributed by atoms with Gasteiger partial charge in [0.05, 0.1) is 5.56 Å². The van der Waals surface area contributed by atoms with E-state index in [4.69, 9.17) is 0 Å². The quantitative estimate of drug-likeness (QED) is 0.519. The molecule has 2 aliphatic rings. The summed E-state index contributed by atoms with van der Waals surface area (Å²) in [5.41, 5.74) is -3.64. The number of hydrogen-bond donors (Lipinski definition) is 4. The highest BCUT2D eigenvalue weighted by Gasteiger charge is 2.60. The first-order chi connectivity index (χ1) is 14.4. The van der Waals surface area contributed by atoms with Gasteiger partial charge in [0.15, 0.2) is 11.4 Å². The fraction of sp³-hybridized carbons (Fsp3) is 0.588. The van der Waals surface area contributed by atoms with Gasteiger partial charge in [-0.15, -0.1) is 0 Å². The van der Waals surface area contributed by atoms with Crippen molar-refractivity contribution in [2.45, 2.75) is 49.4 Å². The maximum atomic E-state index is 13.7. The van der Waals surface area contributed by atoms with Gasteiger partial charge >= 0.3 is 12.4 Å². The van der Waals surface area contributed by atoms with Gasteiger partial charge in [0.25, 0.3) is 0 Å². The van der Waals surface area contributed by atoms with Gasteiger partial charge in [-0.25, -0.2) is 9.97 Å². The Morgan fingerprint density at radius 2 is 1.81 bits per heavy atom. The molecule has 2 atom stereocenters. The molecule has 4 heterocycles. The number of nitrogens with one attached hydrogen (secondary N) is 2. The molecule has 0 bridgehead atoms. The Bertz CT molecular complexity index is 955. The van der Waals surface area contributed by atoms with E-state index in [9.17, 15) is 36.6 Å². The minimum absolute atomic E-state index is 0.0731. The highest BCUT2D eigenvalue weighted by molar-refractivity contribution is 5.55. The van der Waals surface area contributed by atoms with Gasteiger partial charge in [-0.1, -0.05) is 0 Å². The SMILES string of the molecule is OC1CC(O)(C(F)(F)F)c2c(n[nH]c2C2CCN(c3ccnc(C(F)(F)F)n3)CC2)N1. The van der Waals surface area contributed by atoms with Crippen molar-refractivity contribution in [3.05, 3.63) is 29.3 Å². The zero-order chi connectivity index (χ0) is 22.6. The molecule has 2 aliphatic heterocycles. The number of aromatic nitrogens is 4. The van der Waals surface area contributed by atoms with E-state index in [1.54, 1.807) is 4.90 Å². The zero-order valence-electron chi connectivity index (χ0n) is 15.8. The molecule has 0 aromatic carbocycles. The summed E-state index contributed by atoms with van der Waals surface area (Å²) in [6.07, 6.45) is -10.8. The number of rotatable bonds is 2. The number of aromatic amines is 1. The predicted octanol–water partition coefficient (Wildman–Crippen LogP) is 2.49. The lowest BCUT2D eigenvalue weighted by molar-refractivity contribution is -0.276. The lowest BCUT2D eigenvalue weighted by Crippen LogP contribution is -2.50. The van der Waals surface area contributed by atoms with Crippen LogP contribution in [-0.2, 0) is 11.8 Å². The molecule has 0 aliphatic carbocycles. The Labute approximate surface area is 171 Å². The minimum Gasteiger partial charge on any atom is -0.376 e. The van der Waals surface area contributed by atoms with Crippen LogP contribution < -0.4 is 10.2 Å². The number of anilines is 2. The zero-order valence-corrected chi connectivity index (χ0v) is 15.8. The van der Waals surface area contributed by atoms with Crippen molar-refractivity contribution >= 4 is 11.6 Å². The van der Waals surface area contributed by atoms with E-state index in [0.717, 1.165) is 6.20 Å². The monoisotopic (exact) mass is 452 g/mol. The maximum Gasteiger partial charge on any atom is 0.451 e. The number of nitrogens with zero attached hydrogens (tertiary/aromatic N) is 4. The number of fused-ring (bicyclic) bond motifs is 1. The third-order valence-corrected chi connectivity index (χ3v) is 5.59. The number of aliphatic hydroxyl groups excluding tert-OH is 1. The Kier molecular flexibility index (Phi) is 5.04. The molecule has 1 fully saturated rings. The fourth-order valence-corrected chi connectivity index (χ4v) is 4.08. The Hall–Kier alpha value is -2.61. The predicted molar refractivity (Wildman–Crippen MR) is 94.0 cm³/mol. The molecule has 0 spiro atoms. The van der Waals surface area contributed by atoms with Crippen LogP contribution in [0.5, 0.6) is 0 Å². The first-order valence-electron chi connectivity index (χ1n) is 9.38. The largest absolute Gasteiger partial charge is 0.451 e. The summed E-state index contributed by atoms with van der Waals surface area (Å²) in [5, 5.41) is 28.9. The average molecular weight is 452 g/mol. The summed E-state index contributed by atoms with van der Waals surface area (Å²) in [6, 6.07) is 1.33. The molecule has 8 nitrogen and oxygen atoms in total. The summed E-state index contributed by atoms with van der Waals surface area (Å²) in [5.74, 6) is -1.93. The third-order valence-electron chi connectivity index (χ3n) is 5.59. The van der Waals surface area contributed by atoms with Crippen molar-refractivity contribution < 1.29 is 36.6 Å². The van der Waals surface area contributed by atoms with Gasteiger partial charge in [-0.2, -0.15) is 31.4 Å². The summed E-state index contributed by atoms with van der Waals surface area (Å²) < 4.78 is 79.6. The second-order valence-corrected chi connectivity index (χ2v) is 7.58. The van der Waals surface area contributed by atoms with Crippen LogP contribution >= 0.6 is 0 Å². The van der Waals surface area contributed by atoms with E-state index in [1.807, 2.05) is 0 Å². The van der Waals surface area contributed by atoms with Crippen molar-refractivity contribution in [3.8, 4) is 0 Å². The van der Waals surface area contributed by atoms with E-state index < -0.39 is 47.9 Å². The Balaban J connectivity index is 1.56. The van der Waals surface area contributed by atoms with E-state index in [1.165, 1.54) is 6.07 Å². The average Bonchev–Trinajstić information content (AvgIpc) is 3.11. The van der Waals surface area contributed by atoms with Crippen LogP contribution in [0.25, 0.3) is 0 Å². The van der Waals surface area contributed by atoms with E-state index in [0.29, 0.717) is 0 Å². The maximum absolute atomic E-state index is 13.7. The molecule has 31 heavy (non-hydrogen) atoms. The van der Waals surface area contributed by atoms with E-state index >= 15 is 0 Å². The summed E-state index contributed by atoms with van der Waals surface area (Å²) in [4.78, 5) is 8.34. The van der Waals surface area contributed by atoms with Crippen molar-refractivity contribution in [2.24, 2.45) is 0 Å². The highest BCUT2D eigenvalue weighted by atomic mass is 19.4. The van der Waals surface area contributed by atoms with Gasteiger partial charge in [0.2, 0.25) is 5.82 Å². The van der Waals surface area contributed by atoms with Crippen LogP contribution in [0.2, 0.25) is 0 Å². The van der Waals surface area contributed by atoms with Gasteiger partial charge in [0.1, 0.15) is 12.0 Å². The topological polar surface area (TPSA) is 110 Å². The molecule has 4 rings (SSSR count). The first kappa shape index (κ1) is 21.6. The molecule has 0 saturated carbocycles. The van der Waals surface area contributed by atoms with Gasteiger partial charge < -0.3 is 20.4 Å². The normalized spacial score (nSPS) is 25.3. The molecule has 4 N–H and O–H groups in total. The molecular formula is C17H18F6N6O2. The van der Waals surface area contributed by atoms with Crippen LogP contribution in [0.1, 0.15) is 42.3 Å². The highest BCUT2D eigenvalue weighted by Crippen LogP contribution is 2.50. The van der Waals surface area contributed by atoms with Crippen molar-refractivity contribution in [1.29, 1.82) is 0 Å². The Morgan fingerprint density at radius 3 is 2.42 bits per heavy atom. The van der Waals surface area contributed by atoms with Gasteiger partial charge in [-0.05, 0) is 18.9 Å². The first-order valence-corrected chi connectivity index (χ1v) is 9.38. The van der Waals surface area contributed by atoms with Crippen LogP contribution in [0.3, 0.4) is 0 Å². The van der Waals surface area contributed by atoms with Gasteiger partial charge in [0, 0.05) is 37.3 Å². The van der Waals surface area contributed by atoms with E-state index in [-0.39, 0.29) is 43.3 Å². The van der Waals surface area contributed by atoms with Crippen LogP contribution in [0, 0.1) is 0 Å². The van der Waals surface area contributed by atoms with Crippen molar-refractivity contribution in [1.82, 2.24) is 20.2 Å². The van der Waals surface area contributed by atoms with Gasteiger partial charge in [-0.3, -0.25) is 5.10 Å². The molecule has 0 radical (unpaired) electrons.